The van der Waals surface area contributed by atoms with Gasteiger partial charge in [0.05, 0.1) is 18.5 Å². The molecule has 2 amide bonds. The van der Waals surface area contributed by atoms with E-state index < -0.39 is 16.8 Å². The number of carboxylic acids is 1. The zero-order chi connectivity index (χ0) is 34.7. The number of hydrogen-bond acceptors (Lipinski definition) is 6. The lowest BCUT2D eigenvalue weighted by Gasteiger charge is -2.31. The monoisotopic (exact) mass is 640 g/mol. The normalized spacial score (nSPS) is 18.2. The molecule has 0 radical (unpaired) electrons. The highest BCUT2D eigenvalue weighted by Crippen LogP contribution is 2.42. The number of likely N-dealkylation sites (tertiary alicyclic amines) is 1. The Hall–Kier alpha value is -4.27. The lowest BCUT2D eigenvalue weighted by atomic mass is 9.74. The van der Waals surface area contributed by atoms with Gasteiger partial charge in [-0.2, -0.15) is 0 Å². The number of amidine groups is 1. The molecule has 3 aromatic rings. The molecule has 252 valence electrons. The van der Waals surface area contributed by atoms with E-state index in [0.29, 0.717) is 43.2 Å². The van der Waals surface area contributed by atoms with E-state index in [-0.39, 0.29) is 23.8 Å². The molecule has 9 nitrogen and oxygen atoms in total. The van der Waals surface area contributed by atoms with Crippen molar-refractivity contribution in [2.75, 3.05) is 6.54 Å². The molecule has 1 fully saturated rings. The van der Waals surface area contributed by atoms with Gasteiger partial charge in [-0.3, -0.25) is 19.9 Å². The van der Waals surface area contributed by atoms with Crippen molar-refractivity contribution in [3.63, 3.8) is 0 Å². The van der Waals surface area contributed by atoms with Crippen molar-refractivity contribution < 1.29 is 19.5 Å². The fourth-order valence-electron chi connectivity index (χ4n) is 6.08. The number of amides is 2. The number of rotatable bonds is 7. The molecule has 1 saturated heterocycles. The predicted molar refractivity (Wildman–Crippen MR) is 182 cm³/mol. The van der Waals surface area contributed by atoms with Crippen LogP contribution in [0, 0.1) is 16.7 Å². The highest BCUT2D eigenvalue weighted by Gasteiger charge is 2.50. The minimum Gasteiger partial charge on any atom is -0.550 e. The number of nitrogens with zero attached hydrogens (tertiary/aromatic N) is 4. The minimum atomic E-state index is -1.01. The van der Waals surface area contributed by atoms with E-state index in [1.807, 2.05) is 59.6 Å². The molecule has 2 aliphatic heterocycles. The summed E-state index contributed by atoms with van der Waals surface area (Å²) < 4.78 is 2.09. The first-order valence-corrected chi connectivity index (χ1v) is 16.5. The number of imidazole rings is 1. The van der Waals surface area contributed by atoms with Crippen molar-refractivity contribution in [2.24, 2.45) is 11.3 Å². The summed E-state index contributed by atoms with van der Waals surface area (Å²) in [7, 11) is 0. The highest BCUT2D eigenvalue weighted by atomic mass is 16.4. The molecular formula is C38H50N5O4-. The number of nitrogens with one attached hydrogen (secondary N) is 1. The van der Waals surface area contributed by atoms with Crippen molar-refractivity contribution in [2.45, 2.75) is 105 Å². The summed E-state index contributed by atoms with van der Waals surface area (Å²) in [6, 6.07) is 15.9. The van der Waals surface area contributed by atoms with Crippen molar-refractivity contribution in [1.82, 2.24) is 19.4 Å². The van der Waals surface area contributed by atoms with Gasteiger partial charge >= 0.3 is 0 Å². The molecule has 0 unspecified atom stereocenters. The third-order valence-corrected chi connectivity index (χ3v) is 9.03. The third kappa shape index (κ3) is 8.00. The average Bonchev–Trinajstić information content (AvgIpc) is 3.57. The number of carboxylic acid groups (broad SMARTS) is 1. The molecule has 0 bridgehead atoms. The fraction of sp³-hybridized carbons (Fsp3) is 0.500. The van der Waals surface area contributed by atoms with E-state index in [0.717, 1.165) is 35.5 Å². The highest BCUT2D eigenvalue weighted by molar-refractivity contribution is 6.10. The van der Waals surface area contributed by atoms with Crippen LogP contribution in [0.4, 0.5) is 0 Å². The third-order valence-electron chi connectivity index (χ3n) is 9.03. The summed E-state index contributed by atoms with van der Waals surface area (Å²) in [6.07, 6.45) is 5.76. The van der Waals surface area contributed by atoms with Gasteiger partial charge in [-0.05, 0) is 46.9 Å². The summed E-state index contributed by atoms with van der Waals surface area (Å²) in [5.41, 5.74) is 1.84. The lowest BCUT2D eigenvalue weighted by molar-refractivity contribution is -0.316. The quantitative estimate of drug-likeness (QED) is 0.355. The van der Waals surface area contributed by atoms with E-state index in [9.17, 15) is 19.5 Å². The van der Waals surface area contributed by atoms with Crippen molar-refractivity contribution >= 4 is 23.6 Å². The number of carbonyl (C=O) groups excluding carboxylic acids is 3. The fourth-order valence-corrected chi connectivity index (χ4v) is 6.08. The molecule has 0 spiro atoms. The van der Waals surface area contributed by atoms with Crippen LogP contribution in [0.15, 0.2) is 60.9 Å². The van der Waals surface area contributed by atoms with Crippen LogP contribution in [-0.4, -0.2) is 49.5 Å². The Labute approximate surface area is 279 Å². The van der Waals surface area contributed by atoms with Crippen LogP contribution in [-0.2, 0) is 40.1 Å². The van der Waals surface area contributed by atoms with Crippen molar-refractivity contribution in [3.8, 4) is 0 Å². The summed E-state index contributed by atoms with van der Waals surface area (Å²) >= 11 is 0. The molecule has 9 heteroatoms. The minimum absolute atomic E-state index is 0.0139. The Kier molecular flexibility index (Phi) is 10.5. The van der Waals surface area contributed by atoms with Gasteiger partial charge in [0, 0.05) is 48.9 Å². The van der Waals surface area contributed by atoms with Crippen LogP contribution in [0.25, 0.3) is 0 Å². The second kappa shape index (κ2) is 13.8. The van der Waals surface area contributed by atoms with E-state index in [2.05, 4.69) is 44.2 Å². The second-order valence-corrected chi connectivity index (χ2v) is 15.3. The Morgan fingerprint density at radius 1 is 1.02 bits per heavy atom. The molecule has 1 N–H and O–H groups in total. The molecule has 2 aliphatic rings. The Balaban J connectivity index is 0.000000644. The smallest absolute Gasteiger partial charge is 0.254 e. The van der Waals surface area contributed by atoms with Gasteiger partial charge in [-0.15, -0.1) is 0 Å². The number of carbonyl (C=O) groups is 3. The van der Waals surface area contributed by atoms with E-state index >= 15 is 0 Å². The van der Waals surface area contributed by atoms with Gasteiger partial charge in [-0.25, -0.2) is 4.98 Å². The maximum absolute atomic E-state index is 14.1. The van der Waals surface area contributed by atoms with Gasteiger partial charge in [0.15, 0.2) is 0 Å². The zero-order valence-electron chi connectivity index (χ0n) is 29.2. The SMILES string of the molecule is CC(C)(C)C(=O)[O-].CC(C)CC[C@]1(c2ccccc2)CC(=N)N(Cc2ccc(C(C)(C)C)c(C(=O)N3CCn4ccnc4C3)c2)C1=O. The molecule has 1 atom stereocenters. The number of benzene rings is 2. The van der Waals surface area contributed by atoms with Gasteiger partial charge in [-0.1, -0.05) is 97.9 Å². The summed E-state index contributed by atoms with van der Waals surface area (Å²) in [5.74, 6) is 0.658. The van der Waals surface area contributed by atoms with E-state index in [1.165, 1.54) is 0 Å². The van der Waals surface area contributed by atoms with E-state index in [4.69, 9.17) is 5.41 Å². The number of aromatic nitrogens is 2. The molecule has 1 aromatic heterocycles. The zero-order valence-corrected chi connectivity index (χ0v) is 29.2. The summed E-state index contributed by atoms with van der Waals surface area (Å²) in [4.78, 5) is 45.9. The molecule has 0 saturated carbocycles. The Morgan fingerprint density at radius 3 is 2.28 bits per heavy atom. The van der Waals surface area contributed by atoms with Crippen molar-refractivity contribution in [1.29, 1.82) is 5.41 Å². The first kappa shape index (κ1) is 35.6. The first-order valence-electron chi connectivity index (χ1n) is 16.5. The maximum atomic E-state index is 14.1. The van der Waals surface area contributed by atoms with Crippen LogP contribution in [0.1, 0.15) is 108 Å². The molecule has 3 heterocycles. The lowest BCUT2D eigenvalue weighted by Crippen LogP contribution is -2.39. The first-order chi connectivity index (χ1) is 21.9. The maximum Gasteiger partial charge on any atom is 0.254 e. The van der Waals surface area contributed by atoms with Crippen LogP contribution in [0.2, 0.25) is 0 Å². The van der Waals surface area contributed by atoms with Gasteiger partial charge < -0.3 is 19.4 Å². The van der Waals surface area contributed by atoms with Crippen LogP contribution in [0.5, 0.6) is 0 Å². The topological polar surface area (TPSA) is 122 Å². The molecule has 0 aliphatic carbocycles. The Bertz CT molecular complexity index is 1610. The van der Waals surface area contributed by atoms with Crippen LogP contribution >= 0.6 is 0 Å². The molecule has 47 heavy (non-hydrogen) atoms. The van der Waals surface area contributed by atoms with Gasteiger partial charge in [0.2, 0.25) is 5.91 Å². The van der Waals surface area contributed by atoms with Crippen molar-refractivity contribution in [3.05, 3.63) is 89.0 Å². The second-order valence-electron chi connectivity index (χ2n) is 15.3. The largest absolute Gasteiger partial charge is 0.550 e. The van der Waals surface area contributed by atoms with Gasteiger partial charge in [0.1, 0.15) is 11.7 Å². The molecular weight excluding hydrogens is 590 g/mol. The summed E-state index contributed by atoms with van der Waals surface area (Å²) in [5, 5.41) is 18.8. The average molecular weight is 641 g/mol. The van der Waals surface area contributed by atoms with E-state index in [1.54, 1.807) is 31.9 Å². The van der Waals surface area contributed by atoms with Crippen LogP contribution in [0.3, 0.4) is 0 Å². The number of hydrogen-bond donors (Lipinski definition) is 1. The van der Waals surface area contributed by atoms with Gasteiger partial charge in [0.25, 0.3) is 5.91 Å². The number of aliphatic carboxylic acids is 1. The molecule has 5 rings (SSSR count). The molecule has 2 aromatic carbocycles. The standard InChI is InChI=1S/C33H41N5O2.C5H10O2/c1-23(2)13-14-33(25-9-7-6-8-10-25)20-28(34)38(31(33)40)21-24-11-12-27(32(3,4)5)26(19-24)30(39)37-18-17-36-16-15-35-29(36)22-37;1-5(2,3)4(6)7/h6-12,15-16,19,23,34H,13-14,17-18,20-22H2,1-5H3;1-3H3,(H,6,7)/p-1/t33-;/m1./s1. The summed E-state index contributed by atoms with van der Waals surface area (Å²) in [6.45, 7) is 17.6. The van der Waals surface area contributed by atoms with Crippen LogP contribution < -0.4 is 5.11 Å². The predicted octanol–water partition coefficient (Wildman–Crippen LogP) is 5.70. The Morgan fingerprint density at radius 2 is 1.68 bits per heavy atom. The number of fused-ring (bicyclic) bond motifs is 1.